The van der Waals surface area contributed by atoms with Gasteiger partial charge in [0, 0.05) is 5.69 Å². The molecule has 5 heteroatoms. The van der Waals surface area contributed by atoms with Crippen LogP contribution in [0.2, 0.25) is 0 Å². The van der Waals surface area contributed by atoms with E-state index in [1.165, 1.54) is 4.68 Å². The third-order valence-corrected chi connectivity index (χ3v) is 3.95. The van der Waals surface area contributed by atoms with Crippen LogP contribution in [0.1, 0.15) is 30.0 Å². The quantitative estimate of drug-likeness (QED) is 0.830. The zero-order valence-corrected chi connectivity index (χ0v) is 12.4. The minimum Gasteiger partial charge on any atom is -0.272 e. The summed E-state index contributed by atoms with van der Waals surface area (Å²) in [5, 5.41) is 4.23. The predicted molar refractivity (Wildman–Crippen MR) is 72.9 cm³/mol. The lowest BCUT2D eigenvalue weighted by molar-refractivity contribution is 0.0849. The van der Waals surface area contributed by atoms with Gasteiger partial charge in [0.1, 0.15) is 4.49 Å². The van der Waals surface area contributed by atoms with Crippen LogP contribution in [0.15, 0.2) is 16.6 Å². The summed E-state index contributed by atoms with van der Waals surface area (Å²) in [7, 11) is 0. The molecule has 0 spiro atoms. The van der Waals surface area contributed by atoms with Crippen LogP contribution >= 0.6 is 23.2 Å². The SMILES string of the molecule is Cc1cc(C)n(C(=O)[C@@H]2[C@H](C=C(Cl)Cl)C2(C)C)n1. The Balaban J connectivity index is 2.27. The topological polar surface area (TPSA) is 34.9 Å². The second-order valence-electron chi connectivity index (χ2n) is 5.46. The Morgan fingerprint density at radius 1 is 1.44 bits per heavy atom. The average Bonchev–Trinajstić information content (AvgIpc) is 2.58. The number of hydrogen-bond acceptors (Lipinski definition) is 2. The highest BCUT2D eigenvalue weighted by molar-refractivity contribution is 6.55. The van der Waals surface area contributed by atoms with E-state index in [-0.39, 0.29) is 27.6 Å². The molecule has 1 saturated carbocycles. The molecule has 1 heterocycles. The number of aryl methyl sites for hydroxylation is 2. The first-order valence-corrected chi connectivity index (χ1v) is 6.61. The minimum atomic E-state index is -0.113. The molecule has 0 amide bonds. The van der Waals surface area contributed by atoms with Crippen molar-refractivity contribution in [3.05, 3.63) is 28.0 Å². The fraction of sp³-hybridized carbons (Fsp3) is 0.538. The third kappa shape index (κ3) is 2.21. The summed E-state index contributed by atoms with van der Waals surface area (Å²) in [6.07, 6.45) is 1.75. The summed E-state index contributed by atoms with van der Waals surface area (Å²) in [6, 6.07) is 1.90. The maximum absolute atomic E-state index is 12.4. The number of hydrogen-bond donors (Lipinski definition) is 0. The summed E-state index contributed by atoms with van der Waals surface area (Å²) in [5.74, 6) is -0.0108. The predicted octanol–water partition coefficient (Wildman–Crippen LogP) is 3.73. The summed E-state index contributed by atoms with van der Waals surface area (Å²) < 4.78 is 1.70. The largest absolute Gasteiger partial charge is 0.272 e. The molecular formula is C13H16Cl2N2O. The fourth-order valence-electron chi connectivity index (χ4n) is 2.58. The van der Waals surface area contributed by atoms with Crippen molar-refractivity contribution in [2.45, 2.75) is 27.7 Å². The van der Waals surface area contributed by atoms with E-state index in [0.717, 1.165) is 11.4 Å². The van der Waals surface area contributed by atoms with Crippen molar-refractivity contribution >= 4 is 29.1 Å². The maximum Gasteiger partial charge on any atom is 0.251 e. The summed E-state index contributed by atoms with van der Waals surface area (Å²) in [4.78, 5) is 12.4. The van der Waals surface area contributed by atoms with E-state index in [1.807, 2.05) is 33.8 Å². The van der Waals surface area contributed by atoms with Gasteiger partial charge in [-0.05, 0) is 37.3 Å². The first-order chi connectivity index (χ1) is 8.25. The Morgan fingerprint density at radius 3 is 2.50 bits per heavy atom. The molecule has 18 heavy (non-hydrogen) atoms. The van der Waals surface area contributed by atoms with Gasteiger partial charge in [0.25, 0.3) is 5.91 Å². The number of allylic oxidation sites excluding steroid dienone is 1. The van der Waals surface area contributed by atoms with Crippen molar-refractivity contribution in [3.8, 4) is 0 Å². The van der Waals surface area contributed by atoms with Crippen LogP contribution in [0.5, 0.6) is 0 Å². The Hall–Kier alpha value is -0.800. The van der Waals surface area contributed by atoms with Gasteiger partial charge < -0.3 is 0 Å². The number of carbonyl (C=O) groups is 1. The van der Waals surface area contributed by atoms with Crippen LogP contribution in [-0.2, 0) is 0 Å². The Morgan fingerprint density at radius 2 is 2.06 bits per heavy atom. The molecule has 0 bridgehead atoms. The van der Waals surface area contributed by atoms with Crippen LogP contribution in [-0.4, -0.2) is 15.7 Å². The third-order valence-electron chi connectivity index (χ3n) is 3.70. The van der Waals surface area contributed by atoms with Crippen molar-refractivity contribution < 1.29 is 4.79 Å². The molecule has 2 atom stereocenters. The monoisotopic (exact) mass is 286 g/mol. The van der Waals surface area contributed by atoms with Gasteiger partial charge in [0.2, 0.25) is 0 Å². The normalized spacial score (nSPS) is 24.8. The molecule has 0 radical (unpaired) electrons. The van der Waals surface area contributed by atoms with E-state index in [0.29, 0.717) is 0 Å². The van der Waals surface area contributed by atoms with Gasteiger partial charge in [-0.2, -0.15) is 5.10 Å². The number of carbonyl (C=O) groups excluding carboxylic acids is 1. The Kier molecular flexibility index (Phi) is 3.32. The molecule has 1 aromatic rings. The molecular weight excluding hydrogens is 271 g/mol. The molecule has 0 N–H and O–H groups in total. The lowest BCUT2D eigenvalue weighted by Gasteiger charge is -2.03. The molecule has 0 aromatic carbocycles. The summed E-state index contributed by atoms with van der Waals surface area (Å²) in [5.41, 5.74) is 1.60. The summed E-state index contributed by atoms with van der Waals surface area (Å²) in [6.45, 7) is 7.84. The van der Waals surface area contributed by atoms with Crippen molar-refractivity contribution in [1.82, 2.24) is 9.78 Å². The first-order valence-electron chi connectivity index (χ1n) is 5.85. The van der Waals surface area contributed by atoms with Crippen LogP contribution in [0.4, 0.5) is 0 Å². The molecule has 98 valence electrons. The van der Waals surface area contributed by atoms with E-state index < -0.39 is 0 Å². The molecule has 0 saturated heterocycles. The van der Waals surface area contributed by atoms with E-state index in [1.54, 1.807) is 6.08 Å². The zero-order chi connectivity index (χ0) is 13.7. The van der Waals surface area contributed by atoms with Crippen molar-refractivity contribution in [2.75, 3.05) is 0 Å². The number of halogens is 2. The smallest absolute Gasteiger partial charge is 0.251 e. The van der Waals surface area contributed by atoms with E-state index in [9.17, 15) is 4.79 Å². The second-order valence-corrected chi connectivity index (χ2v) is 6.47. The fourth-order valence-corrected chi connectivity index (χ4v) is 2.85. The Bertz CT molecular complexity index is 527. The lowest BCUT2D eigenvalue weighted by atomic mass is 10.1. The highest BCUT2D eigenvalue weighted by atomic mass is 35.5. The van der Waals surface area contributed by atoms with Crippen LogP contribution in [0.3, 0.4) is 0 Å². The minimum absolute atomic E-state index is 0.0152. The van der Waals surface area contributed by atoms with Gasteiger partial charge in [-0.3, -0.25) is 4.79 Å². The number of rotatable bonds is 2. The molecule has 1 aliphatic rings. The standard InChI is InChI=1S/C13H16Cl2N2O/c1-7-5-8(2)17(16-7)12(18)11-9(6-10(14)15)13(11,3)4/h5-6,9,11H,1-4H3/t9-,11-/m0/s1. The molecule has 0 aliphatic heterocycles. The van der Waals surface area contributed by atoms with Crippen LogP contribution in [0, 0.1) is 31.1 Å². The van der Waals surface area contributed by atoms with Gasteiger partial charge in [0.05, 0.1) is 11.6 Å². The van der Waals surface area contributed by atoms with Gasteiger partial charge in [-0.15, -0.1) is 0 Å². The first kappa shape index (κ1) is 13.6. The molecule has 1 aromatic heterocycles. The number of nitrogens with zero attached hydrogens (tertiary/aromatic N) is 2. The van der Waals surface area contributed by atoms with Crippen LogP contribution < -0.4 is 0 Å². The van der Waals surface area contributed by atoms with E-state index >= 15 is 0 Å². The lowest BCUT2D eigenvalue weighted by Crippen LogP contribution is -2.18. The maximum atomic E-state index is 12.4. The van der Waals surface area contributed by atoms with Crippen LogP contribution in [0.25, 0.3) is 0 Å². The zero-order valence-electron chi connectivity index (χ0n) is 10.9. The van der Waals surface area contributed by atoms with Crippen molar-refractivity contribution in [1.29, 1.82) is 0 Å². The van der Waals surface area contributed by atoms with Crippen molar-refractivity contribution in [3.63, 3.8) is 0 Å². The second kappa shape index (κ2) is 4.39. The molecule has 1 aliphatic carbocycles. The van der Waals surface area contributed by atoms with Gasteiger partial charge in [-0.25, -0.2) is 4.68 Å². The number of aromatic nitrogens is 2. The van der Waals surface area contributed by atoms with Gasteiger partial charge >= 0.3 is 0 Å². The molecule has 2 rings (SSSR count). The molecule has 0 unspecified atom stereocenters. The molecule has 3 nitrogen and oxygen atoms in total. The van der Waals surface area contributed by atoms with E-state index in [2.05, 4.69) is 5.10 Å². The van der Waals surface area contributed by atoms with E-state index in [4.69, 9.17) is 23.2 Å². The average molecular weight is 287 g/mol. The van der Waals surface area contributed by atoms with Gasteiger partial charge in [-0.1, -0.05) is 37.0 Å². The Labute approximate surface area is 117 Å². The highest BCUT2D eigenvalue weighted by Crippen LogP contribution is 2.60. The van der Waals surface area contributed by atoms with Crippen molar-refractivity contribution in [2.24, 2.45) is 17.3 Å². The van der Waals surface area contributed by atoms with Gasteiger partial charge in [0.15, 0.2) is 0 Å². The molecule has 1 fully saturated rings. The summed E-state index contributed by atoms with van der Waals surface area (Å²) >= 11 is 11.4. The highest BCUT2D eigenvalue weighted by Gasteiger charge is 2.61.